The van der Waals surface area contributed by atoms with E-state index in [9.17, 15) is 0 Å². The zero-order valence-electron chi connectivity index (χ0n) is 9.66. The van der Waals surface area contributed by atoms with Crippen molar-refractivity contribution in [1.29, 1.82) is 0 Å². The van der Waals surface area contributed by atoms with Crippen molar-refractivity contribution < 1.29 is 0 Å². The molecule has 0 spiro atoms. The van der Waals surface area contributed by atoms with E-state index in [1.165, 1.54) is 34.4 Å². The Kier molecular flexibility index (Phi) is 4.97. The summed E-state index contributed by atoms with van der Waals surface area (Å²) in [6, 6.07) is 8.91. The van der Waals surface area contributed by atoms with Gasteiger partial charge in [0.25, 0.3) is 0 Å². The van der Waals surface area contributed by atoms with Gasteiger partial charge in [-0.05, 0) is 46.7 Å². The Morgan fingerprint density at radius 2 is 2.12 bits per heavy atom. The van der Waals surface area contributed by atoms with Crippen LogP contribution < -0.4 is 0 Å². The van der Waals surface area contributed by atoms with Crippen LogP contribution in [0.4, 0.5) is 0 Å². The quantitative estimate of drug-likeness (QED) is 0.769. The van der Waals surface area contributed by atoms with Crippen molar-refractivity contribution in [2.75, 3.05) is 18.8 Å². The van der Waals surface area contributed by atoms with Gasteiger partial charge in [0.2, 0.25) is 0 Å². The van der Waals surface area contributed by atoms with Crippen molar-refractivity contribution in [2.45, 2.75) is 25.1 Å². The van der Waals surface area contributed by atoms with E-state index in [4.69, 9.17) is 0 Å². The molecule has 0 bridgehead atoms. The number of hydrogen-bond donors (Lipinski definition) is 0. The van der Waals surface area contributed by atoms with Crippen LogP contribution in [0.5, 0.6) is 0 Å². The third kappa shape index (κ3) is 3.64. The highest BCUT2D eigenvalue weighted by molar-refractivity contribution is 14.1. The average Bonchev–Trinajstić information content (AvgIpc) is 2.32. The first kappa shape index (κ1) is 12.7. The molecular formula is C13H18INS. The van der Waals surface area contributed by atoms with E-state index in [0.717, 1.165) is 11.8 Å². The van der Waals surface area contributed by atoms with Crippen molar-refractivity contribution in [1.82, 2.24) is 4.90 Å². The van der Waals surface area contributed by atoms with Crippen LogP contribution in [-0.2, 0) is 6.54 Å². The summed E-state index contributed by atoms with van der Waals surface area (Å²) < 4.78 is 1.32. The first-order valence-electron chi connectivity index (χ1n) is 5.86. The van der Waals surface area contributed by atoms with E-state index in [2.05, 4.69) is 70.4 Å². The maximum Gasteiger partial charge on any atom is 0.0234 e. The normalized spacial score (nSPS) is 22.2. The smallest absolute Gasteiger partial charge is 0.0234 e. The summed E-state index contributed by atoms with van der Waals surface area (Å²) in [6.07, 6.45) is 1.30. The van der Waals surface area contributed by atoms with Crippen molar-refractivity contribution >= 4 is 34.4 Å². The van der Waals surface area contributed by atoms with Gasteiger partial charge in [0, 0.05) is 34.2 Å². The van der Waals surface area contributed by atoms with Crippen molar-refractivity contribution in [3.05, 3.63) is 33.4 Å². The molecule has 0 saturated carbocycles. The molecule has 1 aliphatic rings. The fraction of sp³-hybridized carbons (Fsp3) is 0.538. The maximum atomic E-state index is 2.59. The second-order valence-corrected chi connectivity index (χ2v) is 6.92. The minimum atomic E-state index is 0.845. The Bertz CT molecular complexity index is 325. The molecule has 1 atom stereocenters. The van der Waals surface area contributed by atoms with Gasteiger partial charge < -0.3 is 0 Å². The predicted molar refractivity (Wildman–Crippen MR) is 81.0 cm³/mol. The molecule has 0 aliphatic carbocycles. The summed E-state index contributed by atoms with van der Waals surface area (Å²) >= 11 is 4.50. The molecule has 1 aromatic carbocycles. The van der Waals surface area contributed by atoms with Gasteiger partial charge in [-0.3, -0.25) is 4.90 Å². The molecular weight excluding hydrogens is 329 g/mol. The molecule has 3 heteroatoms. The van der Waals surface area contributed by atoms with E-state index in [1.54, 1.807) is 0 Å². The Morgan fingerprint density at radius 3 is 2.81 bits per heavy atom. The largest absolute Gasteiger partial charge is 0.297 e. The molecule has 1 heterocycles. The van der Waals surface area contributed by atoms with Crippen LogP contribution in [0.1, 0.15) is 18.9 Å². The minimum absolute atomic E-state index is 0.845. The van der Waals surface area contributed by atoms with Crippen molar-refractivity contribution in [3.8, 4) is 0 Å². The van der Waals surface area contributed by atoms with E-state index in [1.807, 2.05) is 0 Å². The maximum absolute atomic E-state index is 2.59. The SMILES string of the molecule is CCC1CN(Cc2ccc(I)cc2)CCS1. The van der Waals surface area contributed by atoms with Crippen LogP contribution in [0.2, 0.25) is 0 Å². The second-order valence-electron chi connectivity index (χ2n) is 4.26. The molecule has 0 aromatic heterocycles. The minimum Gasteiger partial charge on any atom is -0.297 e. The first-order chi connectivity index (χ1) is 7.78. The fourth-order valence-corrected chi connectivity index (χ4v) is 3.63. The molecule has 1 nitrogen and oxygen atoms in total. The summed E-state index contributed by atoms with van der Waals surface area (Å²) in [7, 11) is 0. The van der Waals surface area contributed by atoms with Gasteiger partial charge in [0.15, 0.2) is 0 Å². The number of thioether (sulfide) groups is 1. The van der Waals surface area contributed by atoms with Crippen LogP contribution in [0.3, 0.4) is 0 Å². The van der Waals surface area contributed by atoms with Crippen LogP contribution in [-0.4, -0.2) is 29.0 Å². The lowest BCUT2D eigenvalue weighted by molar-refractivity contribution is 0.273. The summed E-state index contributed by atoms with van der Waals surface area (Å²) in [5.41, 5.74) is 1.45. The van der Waals surface area contributed by atoms with E-state index in [-0.39, 0.29) is 0 Å². The van der Waals surface area contributed by atoms with Crippen LogP contribution in [0, 0.1) is 3.57 Å². The summed E-state index contributed by atoms with van der Waals surface area (Å²) in [4.78, 5) is 2.59. The molecule has 0 radical (unpaired) electrons. The lowest BCUT2D eigenvalue weighted by Crippen LogP contribution is -2.36. The van der Waals surface area contributed by atoms with E-state index < -0.39 is 0 Å². The molecule has 1 saturated heterocycles. The van der Waals surface area contributed by atoms with Gasteiger partial charge in [0.1, 0.15) is 0 Å². The average molecular weight is 347 g/mol. The predicted octanol–water partition coefficient (Wildman–Crippen LogP) is 3.62. The molecule has 1 unspecified atom stereocenters. The molecule has 0 amide bonds. The van der Waals surface area contributed by atoms with Gasteiger partial charge in [-0.15, -0.1) is 0 Å². The standard InChI is InChI=1S/C13H18INS/c1-2-13-10-15(7-8-16-13)9-11-3-5-12(14)6-4-11/h3-6,13H,2,7-10H2,1H3. The molecule has 88 valence electrons. The van der Waals surface area contributed by atoms with E-state index in [0.29, 0.717) is 0 Å². The number of benzene rings is 1. The molecule has 1 fully saturated rings. The molecule has 1 aromatic rings. The Labute approximate surface area is 116 Å². The Hall–Kier alpha value is 0.260. The van der Waals surface area contributed by atoms with Gasteiger partial charge in [-0.25, -0.2) is 0 Å². The molecule has 0 N–H and O–H groups in total. The zero-order valence-corrected chi connectivity index (χ0v) is 12.6. The topological polar surface area (TPSA) is 3.24 Å². The highest BCUT2D eigenvalue weighted by atomic mass is 127. The Morgan fingerprint density at radius 1 is 1.38 bits per heavy atom. The van der Waals surface area contributed by atoms with Crippen LogP contribution in [0.15, 0.2) is 24.3 Å². The van der Waals surface area contributed by atoms with Gasteiger partial charge in [-0.1, -0.05) is 19.1 Å². The monoisotopic (exact) mass is 347 g/mol. The molecule has 16 heavy (non-hydrogen) atoms. The van der Waals surface area contributed by atoms with E-state index >= 15 is 0 Å². The van der Waals surface area contributed by atoms with Crippen molar-refractivity contribution in [3.63, 3.8) is 0 Å². The summed E-state index contributed by atoms with van der Waals surface area (Å²) in [5.74, 6) is 1.29. The molecule has 2 rings (SSSR count). The lowest BCUT2D eigenvalue weighted by Gasteiger charge is -2.31. The number of rotatable bonds is 3. The third-order valence-electron chi connectivity index (χ3n) is 3.00. The summed E-state index contributed by atoms with van der Waals surface area (Å²) in [6.45, 7) is 5.92. The van der Waals surface area contributed by atoms with Gasteiger partial charge >= 0.3 is 0 Å². The number of nitrogens with zero attached hydrogens (tertiary/aromatic N) is 1. The highest BCUT2D eigenvalue weighted by Gasteiger charge is 2.18. The Balaban J connectivity index is 1.91. The summed E-state index contributed by atoms with van der Waals surface area (Å²) in [5, 5.41) is 0.845. The third-order valence-corrected chi connectivity index (χ3v) is 5.09. The molecule has 1 aliphatic heterocycles. The zero-order chi connectivity index (χ0) is 11.4. The number of halogens is 1. The first-order valence-corrected chi connectivity index (χ1v) is 7.99. The van der Waals surface area contributed by atoms with Crippen LogP contribution >= 0.6 is 34.4 Å². The van der Waals surface area contributed by atoms with Gasteiger partial charge in [0.05, 0.1) is 0 Å². The number of hydrogen-bond acceptors (Lipinski definition) is 2. The van der Waals surface area contributed by atoms with Crippen molar-refractivity contribution in [2.24, 2.45) is 0 Å². The van der Waals surface area contributed by atoms with Gasteiger partial charge in [-0.2, -0.15) is 11.8 Å². The lowest BCUT2D eigenvalue weighted by atomic mass is 10.2. The second kappa shape index (κ2) is 6.26. The fourth-order valence-electron chi connectivity index (χ4n) is 2.02. The highest BCUT2D eigenvalue weighted by Crippen LogP contribution is 2.22. The van der Waals surface area contributed by atoms with Crippen LogP contribution in [0.25, 0.3) is 0 Å².